The predicted molar refractivity (Wildman–Crippen MR) is 115 cm³/mol. The first-order valence-electron chi connectivity index (χ1n) is 10.4. The first-order chi connectivity index (χ1) is 15.6. The summed E-state index contributed by atoms with van der Waals surface area (Å²) >= 11 is 0. The quantitative estimate of drug-likeness (QED) is 0.190. The average Bonchev–Trinajstić information content (AvgIpc) is 2.79. The van der Waals surface area contributed by atoms with Crippen molar-refractivity contribution < 1.29 is 44.2 Å². The SMILES string of the molecule is CO[C@@H]1OC(CO)[C@@H](OC)[C@H](O)C1NC(=O)C(NC(=O)C(N)Cc1ccc(O)cc1)C(C)O. The normalized spacial score (nSPS) is 27.9. The molecule has 8 N–H and O–H groups in total. The fourth-order valence-electron chi connectivity index (χ4n) is 3.61. The largest absolute Gasteiger partial charge is 0.508 e. The zero-order valence-electron chi connectivity index (χ0n) is 18.7. The standard InChI is InChI=1S/C21H33N3O9/c1-10(26)15(23-19(29)13(22)8-11-4-6-12(27)7-5-11)20(30)24-16-17(28)18(31-2)14(9-25)33-21(16)32-3/h4-7,10,13-18,21,25-28H,8-9,22H2,1-3H3,(H,23,29)(H,24,30)/t10?,13?,14?,15?,16?,17-,18-,21-/m1/s1. The van der Waals surface area contributed by atoms with Crippen molar-refractivity contribution in [3.8, 4) is 5.75 Å². The molecule has 12 heteroatoms. The van der Waals surface area contributed by atoms with Crippen molar-refractivity contribution >= 4 is 11.8 Å². The number of hydrogen-bond acceptors (Lipinski definition) is 10. The van der Waals surface area contributed by atoms with Crippen LogP contribution in [-0.4, -0.2) is 102 Å². The van der Waals surface area contributed by atoms with Gasteiger partial charge in [0.1, 0.15) is 36.1 Å². The zero-order chi connectivity index (χ0) is 24.7. The lowest BCUT2D eigenvalue weighted by atomic mass is 9.96. The van der Waals surface area contributed by atoms with Crippen LogP contribution in [0.3, 0.4) is 0 Å². The highest BCUT2D eigenvalue weighted by Gasteiger charge is 2.47. The predicted octanol–water partition coefficient (Wildman–Crippen LogP) is -2.65. The number of aliphatic hydroxyl groups excluding tert-OH is 3. The number of aromatic hydroxyl groups is 1. The number of carbonyl (C=O) groups is 2. The van der Waals surface area contributed by atoms with Crippen molar-refractivity contribution in [2.24, 2.45) is 5.73 Å². The van der Waals surface area contributed by atoms with Crippen LogP contribution < -0.4 is 16.4 Å². The van der Waals surface area contributed by atoms with Crippen LogP contribution >= 0.6 is 0 Å². The van der Waals surface area contributed by atoms with Gasteiger partial charge in [-0.3, -0.25) is 9.59 Å². The van der Waals surface area contributed by atoms with Crippen molar-refractivity contribution in [1.29, 1.82) is 0 Å². The van der Waals surface area contributed by atoms with Gasteiger partial charge in [0, 0.05) is 14.2 Å². The topological polar surface area (TPSA) is 193 Å². The minimum atomic E-state index is -1.38. The summed E-state index contributed by atoms with van der Waals surface area (Å²) < 4.78 is 15.9. The lowest BCUT2D eigenvalue weighted by Gasteiger charge is -2.43. The van der Waals surface area contributed by atoms with Crippen molar-refractivity contribution in [1.82, 2.24) is 10.6 Å². The maximum atomic E-state index is 12.9. The number of carbonyl (C=O) groups excluding carboxylic acids is 2. The van der Waals surface area contributed by atoms with E-state index in [0.717, 1.165) is 0 Å². The number of phenolic OH excluding ortho intramolecular Hbond substituents is 1. The summed E-state index contributed by atoms with van der Waals surface area (Å²) in [5, 5.41) is 44.5. The smallest absolute Gasteiger partial charge is 0.245 e. The van der Waals surface area contributed by atoms with Crippen LogP contribution in [0.15, 0.2) is 24.3 Å². The molecule has 0 saturated carbocycles. The molecule has 8 atom stereocenters. The van der Waals surface area contributed by atoms with Gasteiger partial charge in [-0.25, -0.2) is 0 Å². The lowest BCUT2D eigenvalue weighted by Crippen LogP contribution is -2.67. The highest BCUT2D eigenvalue weighted by Crippen LogP contribution is 2.24. The number of nitrogens with two attached hydrogens (primary N) is 1. The number of hydrogen-bond donors (Lipinski definition) is 7. The number of nitrogens with one attached hydrogen (secondary N) is 2. The van der Waals surface area contributed by atoms with Gasteiger partial charge in [-0.2, -0.15) is 0 Å². The van der Waals surface area contributed by atoms with Crippen LogP contribution in [0.4, 0.5) is 0 Å². The first-order valence-corrected chi connectivity index (χ1v) is 10.4. The molecule has 1 heterocycles. The molecule has 12 nitrogen and oxygen atoms in total. The Balaban J connectivity index is 2.07. The minimum absolute atomic E-state index is 0.0758. The maximum absolute atomic E-state index is 12.9. The van der Waals surface area contributed by atoms with Crippen molar-refractivity contribution in [2.75, 3.05) is 20.8 Å². The molecule has 1 aliphatic heterocycles. The third-order valence-corrected chi connectivity index (χ3v) is 5.46. The average molecular weight is 472 g/mol. The Labute approximate surface area is 191 Å². The summed E-state index contributed by atoms with van der Waals surface area (Å²) in [5.74, 6) is -1.41. The van der Waals surface area contributed by atoms with Gasteiger partial charge in [0.25, 0.3) is 0 Å². The molecular formula is C21H33N3O9. The van der Waals surface area contributed by atoms with Crippen LogP contribution in [0.5, 0.6) is 5.75 Å². The third-order valence-electron chi connectivity index (χ3n) is 5.46. The lowest BCUT2D eigenvalue weighted by molar-refractivity contribution is -0.267. The Morgan fingerprint density at radius 3 is 2.33 bits per heavy atom. The molecule has 0 spiro atoms. The molecule has 2 amide bonds. The van der Waals surface area contributed by atoms with Gasteiger partial charge in [-0.1, -0.05) is 12.1 Å². The Kier molecular flexibility index (Phi) is 9.98. The van der Waals surface area contributed by atoms with Gasteiger partial charge < -0.3 is 51.0 Å². The number of phenols is 1. The summed E-state index contributed by atoms with van der Waals surface area (Å²) in [4.78, 5) is 25.5. The second-order valence-electron chi connectivity index (χ2n) is 7.89. The van der Waals surface area contributed by atoms with Crippen LogP contribution in [0.2, 0.25) is 0 Å². The second kappa shape index (κ2) is 12.2. The van der Waals surface area contributed by atoms with E-state index in [-0.39, 0.29) is 12.2 Å². The summed E-state index contributed by atoms with van der Waals surface area (Å²) in [6.07, 6.45) is -5.41. The van der Waals surface area contributed by atoms with Gasteiger partial charge in [0.05, 0.1) is 18.8 Å². The Hall–Kier alpha value is -2.32. The van der Waals surface area contributed by atoms with E-state index in [9.17, 15) is 30.0 Å². The van der Waals surface area contributed by atoms with Gasteiger partial charge in [-0.15, -0.1) is 0 Å². The molecule has 33 heavy (non-hydrogen) atoms. The molecule has 0 aromatic heterocycles. The molecule has 186 valence electrons. The van der Waals surface area contributed by atoms with E-state index in [1.165, 1.54) is 33.3 Å². The minimum Gasteiger partial charge on any atom is -0.508 e. The number of aliphatic hydroxyl groups is 3. The number of methoxy groups -OCH3 is 2. The fraction of sp³-hybridized carbons (Fsp3) is 0.619. The monoisotopic (exact) mass is 471 g/mol. The highest BCUT2D eigenvalue weighted by atomic mass is 16.7. The van der Waals surface area contributed by atoms with E-state index < -0.39 is 67.3 Å². The summed E-state index contributed by atoms with van der Waals surface area (Å²) in [6.45, 7) is 0.874. The van der Waals surface area contributed by atoms with Crippen molar-refractivity contribution in [3.63, 3.8) is 0 Å². The van der Waals surface area contributed by atoms with Gasteiger partial charge in [-0.05, 0) is 31.0 Å². The fourth-order valence-corrected chi connectivity index (χ4v) is 3.61. The van der Waals surface area contributed by atoms with E-state index in [0.29, 0.717) is 5.56 Å². The zero-order valence-corrected chi connectivity index (χ0v) is 18.7. The molecule has 1 aromatic carbocycles. The van der Waals surface area contributed by atoms with Crippen molar-refractivity contribution in [2.45, 2.75) is 62.2 Å². The molecular weight excluding hydrogens is 438 g/mol. The molecule has 2 rings (SSSR count). The van der Waals surface area contributed by atoms with Gasteiger partial charge in [0.15, 0.2) is 6.29 Å². The molecule has 0 bridgehead atoms. The Morgan fingerprint density at radius 2 is 1.82 bits per heavy atom. The van der Waals surface area contributed by atoms with E-state index >= 15 is 0 Å². The molecule has 1 fully saturated rings. The van der Waals surface area contributed by atoms with E-state index in [4.69, 9.17) is 19.9 Å². The Morgan fingerprint density at radius 1 is 1.18 bits per heavy atom. The molecule has 1 aromatic rings. The van der Waals surface area contributed by atoms with E-state index in [1.54, 1.807) is 12.1 Å². The number of benzene rings is 1. The highest BCUT2D eigenvalue weighted by molar-refractivity contribution is 5.90. The number of rotatable bonds is 10. The third kappa shape index (κ3) is 6.84. The Bertz CT molecular complexity index is 777. The summed E-state index contributed by atoms with van der Waals surface area (Å²) in [6, 6.07) is 2.63. The number of ether oxygens (including phenoxy) is 3. The van der Waals surface area contributed by atoms with Gasteiger partial charge >= 0.3 is 0 Å². The molecule has 1 aliphatic rings. The molecule has 1 saturated heterocycles. The van der Waals surface area contributed by atoms with Crippen LogP contribution in [0.1, 0.15) is 12.5 Å². The molecule has 0 radical (unpaired) electrons. The summed E-state index contributed by atoms with van der Waals surface area (Å²) in [5.41, 5.74) is 6.64. The number of amides is 2. The molecule has 0 aliphatic carbocycles. The van der Waals surface area contributed by atoms with E-state index in [1.807, 2.05) is 0 Å². The van der Waals surface area contributed by atoms with Crippen LogP contribution in [0.25, 0.3) is 0 Å². The van der Waals surface area contributed by atoms with Crippen LogP contribution in [-0.2, 0) is 30.2 Å². The first kappa shape index (κ1) is 26.9. The van der Waals surface area contributed by atoms with Crippen molar-refractivity contribution in [3.05, 3.63) is 29.8 Å². The van der Waals surface area contributed by atoms with E-state index in [2.05, 4.69) is 10.6 Å². The van der Waals surface area contributed by atoms with Gasteiger partial charge in [0.2, 0.25) is 11.8 Å². The maximum Gasteiger partial charge on any atom is 0.245 e. The molecule has 5 unspecified atom stereocenters. The van der Waals surface area contributed by atoms with Crippen LogP contribution in [0, 0.1) is 0 Å². The second-order valence-corrected chi connectivity index (χ2v) is 7.89. The summed E-state index contributed by atoms with van der Waals surface area (Å²) in [7, 11) is 2.62.